The van der Waals surface area contributed by atoms with E-state index in [4.69, 9.17) is 0 Å². The average Bonchev–Trinajstić information content (AvgIpc) is 2.60. The van der Waals surface area contributed by atoms with E-state index in [9.17, 15) is 9.59 Å². The highest BCUT2D eigenvalue weighted by molar-refractivity contribution is 5.97. The van der Waals surface area contributed by atoms with Gasteiger partial charge in [0.25, 0.3) is 5.91 Å². The Morgan fingerprint density at radius 1 is 1.12 bits per heavy atom. The summed E-state index contributed by atoms with van der Waals surface area (Å²) < 4.78 is 0. The number of amides is 2. The van der Waals surface area contributed by atoms with Crippen molar-refractivity contribution in [3.05, 3.63) is 29.8 Å². The van der Waals surface area contributed by atoms with Crippen molar-refractivity contribution in [2.75, 3.05) is 32.5 Å². The van der Waals surface area contributed by atoms with Crippen molar-refractivity contribution in [3.8, 4) is 0 Å². The molecule has 0 aromatic heterocycles. The third-order valence-electron chi connectivity index (χ3n) is 4.52. The Hall–Kier alpha value is -1.88. The number of carbonyl (C=O) groups excluding carboxylic acids is 2. The number of rotatable bonds is 11. The van der Waals surface area contributed by atoms with Gasteiger partial charge in [-0.1, -0.05) is 39.2 Å². The Morgan fingerprint density at radius 2 is 1.85 bits per heavy atom. The lowest BCUT2D eigenvalue weighted by atomic mass is 10.1. The summed E-state index contributed by atoms with van der Waals surface area (Å²) in [6, 6.07) is 7.51. The molecule has 0 bridgehead atoms. The van der Waals surface area contributed by atoms with Gasteiger partial charge in [0.05, 0.1) is 6.54 Å². The third kappa shape index (κ3) is 7.56. The van der Waals surface area contributed by atoms with Gasteiger partial charge in [0.2, 0.25) is 5.91 Å². The van der Waals surface area contributed by atoms with Gasteiger partial charge in [-0.2, -0.15) is 0 Å². The second kappa shape index (κ2) is 11.7. The van der Waals surface area contributed by atoms with Gasteiger partial charge >= 0.3 is 0 Å². The molecule has 5 nitrogen and oxygen atoms in total. The van der Waals surface area contributed by atoms with Gasteiger partial charge in [0, 0.05) is 31.4 Å². The summed E-state index contributed by atoms with van der Waals surface area (Å²) in [5, 5.41) is 2.94. The van der Waals surface area contributed by atoms with E-state index in [1.807, 2.05) is 6.07 Å². The minimum atomic E-state index is -0.0705. The minimum absolute atomic E-state index is 0.0288. The van der Waals surface area contributed by atoms with Gasteiger partial charge in [-0.25, -0.2) is 0 Å². The van der Waals surface area contributed by atoms with Crippen molar-refractivity contribution in [3.63, 3.8) is 0 Å². The largest absolute Gasteiger partial charge is 0.345 e. The summed E-state index contributed by atoms with van der Waals surface area (Å²) in [6.07, 6.45) is 5.68. The van der Waals surface area contributed by atoms with E-state index >= 15 is 0 Å². The molecule has 0 heterocycles. The van der Waals surface area contributed by atoms with Crippen LogP contribution in [0.2, 0.25) is 0 Å². The number of hydrogen-bond donors (Lipinski definition) is 1. The monoisotopic (exact) mass is 361 g/mol. The predicted molar refractivity (Wildman–Crippen MR) is 109 cm³/mol. The maximum atomic E-state index is 12.5. The number of nitrogens with zero attached hydrogens (tertiary/aromatic N) is 2. The molecule has 26 heavy (non-hydrogen) atoms. The zero-order valence-electron chi connectivity index (χ0n) is 17.0. The number of anilines is 1. The van der Waals surface area contributed by atoms with E-state index in [0.29, 0.717) is 23.8 Å². The molecule has 5 heteroatoms. The second-order valence-electron chi connectivity index (χ2n) is 7.14. The summed E-state index contributed by atoms with van der Waals surface area (Å²) in [5.41, 5.74) is 1.24. The van der Waals surface area contributed by atoms with Crippen LogP contribution in [-0.4, -0.2) is 54.8 Å². The second-order valence-corrected chi connectivity index (χ2v) is 7.14. The smallest absolute Gasteiger partial charge is 0.253 e. The molecular weight excluding hydrogens is 326 g/mol. The van der Waals surface area contributed by atoms with Crippen LogP contribution in [0.1, 0.15) is 63.2 Å². The molecule has 1 aromatic rings. The zero-order chi connectivity index (χ0) is 19.5. The Bertz CT molecular complexity index is 572. The molecule has 1 atom stereocenters. The molecule has 0 radical (unpaired) electrons. The number of unbranched alkanes of at least 4 members (excludes halogenated alkanes) is 2. The van der Waals surface area contributed by atoms with E-state index in [2.05, 4.69) is 31.0 Å². The van der Waals surface area contributed by atoms with Gasteiger partial charge < -0.3 is 10.2 Å². The quantitative estimate of drug-likeness (QED) is 0.606. The molecule has 1 unspecified atom stereocenters. The standard InChI is InChI=1S/C21H35N3O2/c1-6-8-9-14-24(17(3)11-7-2)16-20(25)22-19-13-10-12-18(15-19)21(26)23(4)5/h10,12-13,15,17H,6-9,11,14,16H2,1-5H3,(H,22,25). The van der Waals surface area contributed by atoms with Crippen molar-refractivity contribution in [1.29, 1.82) is 0 Å². The van der Waals surface area contributed by atoms with Gasteiger partial charge in [0.1, 0.15) is 0 Å². The highest BCUT2D eigenvalue weighted by atomic mass is 16.2. The lowest BCUT2D eigenvalue weighted by molar-refractivity contribution is -0.117. The first-order valence-electron chi connectivity index (χ1n) is 9.74. The number of benzene rings is 1. The molecular formula is C21H35N3O2. The van der Waals surface area contributed by atoms with Crippen molar-refractivity contribution in [2.45, 2.75) is 58.9 Å². The van der Waals surface area contributed by atoms with E-state index in [0.717, 1.165) is 25.8 Å². The number of nitrogens with one attached hydrogen (secondary N) is 1. The molecule has 0 aliphatic heterocycles. The lowest BCUT2D eigenvalue weighted by Crippen LogP contribution is -2.40. The highest BCUT2D eigenvalue weighted by Crippen LogP contribution is 2.13. The molecule has 1 aromatic carbocycles. The fraction of sp³-hybridized carbons (Fsp3) is 0.619. The maximum Gasteiger partial charge on any atom is 0.253 e. The van der Waals surface area contributed by atoms with Crippen LogP contribution in [0.3, 0.4) is 0 Å². The normalized spacial score (nSPS) is 12.1. The third-order valence-corrected chi connectivity index (χ3v) is 4.52. The average molecular weight is 362 g/mol. The lowest BCUT2D eigenvalue weighted by Gasteiger charge is -2.28. The van der Waals surface area contributed by atoms with Gasteiger partial charge in [0.15, 0.2) is 0 Å². The molecule has 1 rings (SSSR count). The topological polar surface area (TPSA) is 52.7 Å². The van der Waals surface area contributed by atoms with Crippen LogP contribution in [0.5, 0.6) is 0 Å². The van der Waals surface area contributed by atoms with Crippen LogP contribution in [0.4, 0.5) is 5.69 Å². The fourth-order valence-corrected chi connectivity index (χ4v) is 2.99. The van der Waals surface area contributed by atoms with Gasteiger partial charge in [-0.15, -0.1) is 0 Å². The molecule has 0 aliphatic rings. The van der Waals surface area contributed by atoms with E-state index in [1.165, 1.54) is 17.7 Å². The summed E-state index contributed by atoms with van der Waals surface area (Å²) in [4.78, 5) is 28.4. The summed E-state index contributed by atoms with van der Waals surface area (Å²) in [5.74, 6) is -0.0993. The van der Waals surface area contributed by atoms with E-state index < -0.39 is 0 Å². The number of carbonyl (C=O) groups is 2. The molecule has 0 spiro atoms. The first-order chi connectivity index (χ1) is 12.4. The maximum absolute atomic E-state index is 12.5. The van der Waals surface area contributed by atoms with Crippen molar-refractivity contribution in [1.82, 2.24) is 9.80 Å². The minimum Gasteiger partial charge on any atom is -0.345 e. The van der Waals surface area contributed by atoms with Crippen molar-refractivity contribution < 1.29 is 9.59 Å². The number of hydrogen-bond acceptors (Lipinski definition) is 3. The Labute approximate surface area is 158 Å². The Balaban J connectivity index is 2.71. The molecule has 0 aliphatic carbocycles. The molecule has 146 valence electrons. The van der Waals surface area contributed by atoms with Crippen LogP contribution < -0.4 is 5.32 Å². The summed E-state index contributed by atoms with van der Waals surface area (Å²) in [7, 11) is 3.44. The van der Waals surface area contributed by atoms with Crippen LogP contribution >= 0.6 is 0 Å². The van der Waals surface area contributed by atoms with Crippen LogP contribution in [-0.2, 0) is 4.79 Å². The molecule has 0 saturated heterocycles. The van der Waals surface area contributed by atoms with E-state index in [-0.39, 0.29) is 11.8 Å². The molecule has 2 amide bonds. The first kappa shape index (κ1) is 22.2. The highest BCUT2D eigenvalue weighted by Gasteiger charge is 2.17. The summed E-state index contributed by atoms with van der Waals surface area (Å²) >= 11 is 0. The van der Waals surface area contributed by atoms with Gasteiger partial charge in [-0.05, 0) is 44.5 Å². The van der Waals surface area contributed by atoms with Gasteiger partial charge in [-0.3, -0.25) is 14.5 Å². The molecule has 0 saturated carbocycles. The van der Waals surface area contributed by atoms with Crippen molar-refractivity contribution in [2.24, 2.45) is 0 Å². The van der Waals surface area contributed by atoms with Crippen LogP contribution in [0.25, 0.3) is 0 Å². The Morgan fingerprint density at radius 3 is 2.46 bits per heavy atom. The SMILES string of the molecule is CCCCCN(CC(=O)Nc1cccc(C(=O)N(C)C)c1)C(C)CCC. The summed E-state index contributed by atoms with van der Waals surface area (Å²) in [6.45, 7) is 7.89. The fourth-order valence-electron chi connectivity index (χ4n) is 2.99. The molecule has 1 N–H and O–H groups in total. The first-order valence-corrected chi connectivity index (χ1v) is 9.74. The zero-order valence-corrected chi connectivity index (χ0v) is 17.0. The molecule has 0 fully saturated rings. The van der Waals surface area contributed by atoms with E-state index in [1.54, 1.807) is 32.3 Å². The predicted octanol–water partition coefficient (Wildman–Crippen LogP) is 4.01. The Kier molecular flexibility index (Phi) is 9.96. The van der Waals surface area contributed by atoms with Crippen LogP contribution in [0, 0.1) is 0 Å². The van der Waals surface area contributed by atoms with Crippen molar-refractivity contribution >= 4 is 17.5 Å². The van der Waals surface area contributed by atoms with Crippen LogP contribution in [0.15, 0.2) is 24.3 Å².